The van der Waals surface area contributed by atoms with Crippen molar-refractivity contribution in [2.45, 2.75) is 52.6 Å². The van der Waals surface area contributed by atoms with Crippen molar-refractivity contribution in [1.82, 2.24) is 5.06 Å². The quantitative estimate of drug-likeness (QED) is 0.150. The number of aliphatic imine (C=N–C) groups is 1. The minimum absolute atomic E-state index is 0.482. The molecule has 0 unspecified atom stereocenters. The molecule has 0 amide bonds. The van der Waals surface area contributed by atoms with Gasteiger partial charge in [-0.3, -0.25) is 10.2 Å². The molecule has 8 rings (SSSR count). The van der Waals surface area contributed by atoms with Crippen molar-refractivity contribution in [2.75, 3.05) is 4.90 Å². The number of hydrogen-bond acceptors (Lipinski definition) is 4. The van der Waals surface area contributed by atoms with Crippen molar-refractivity contribution in [1.29, 1.82) is 0 Å². The molecule has 282 valence electrons. The van der Waals surface area contributed by atoms with Crippen LogP contribution in [0.1, 0.15) is 58.2 Å². The molecule has 1 heterocycles. The second-order valence-electron chi connectivity index (χ2n) is 15.7. The van der Waals surface area contributed by atoms with Crippen LogP contribution in [0.5, 0.6) is 0 Å². The summed E-state index contributed by atoms with van der Waals surface area (Å²) in [5.74, 6) is 0.585. The monoisotopic (exact) mass is 743 g/mol. The highest BCUT2D eigenvalue weighted by Crippen LogP contribution is 2.44. The molecule has 0 spiro atoms. The first-order chi connectivity index (χ1) is 27.6. The Hall–Kier alpha value is -6.49. The van der Waals surface area contributed by atoms with Gasteiger partial charge >= 0.3 is 0 Å². The molecular formula is C53H49N3O. The van der Waals surface area contributed by atoms with E-state index in [0.29, 0.717) is 5.84 Å². The number of benzene rings is 7. The summed E-state index contributed by atoms with van der Waals surface area (Å²) in [6.07, 6.45) is 4.40. The fraction of sp³-hybridized carbons (Fsp3) is 0.151. The van der Waals surface area contributed by atoms with Gasteiger partial charge in [-0.05, 0) is 128 Å². The van der Waals surface area contributed by atoms with Crippen LogP contribution in [-0.2, 0) is 0 Å². The second-order valence-corrected chi connectivity index (χ2v) is 15.7. The summed E-state index contributed by atoms with van der Waals surface area (Å²) in [5, 5.41) is 14.9. The number of nitrogens with zero attached hydrogens (tertiary/aromatic N) is 3. The molecule has 4 nitrogen and oxygen atoms in total. The highest BCUT2D eigenvalue weighted by molar-refractivity contribution is 6.14. The highest BCUT2D eigenvalue weighted by Gasteiger charge is 2.49. The van der Waals surface area contributed by atoms with Gasteiger partial charge in [-0.25, -0.2) is 5.06 Å². The Balaban J connectivity index is 1.26. The molecule has 0 saturated carbocycles. The lowest BCUT2D eigenvalue weighted by atomic mass is 9.84. The standard InChI is InChI=1S/C53H49N3O/c1-7-43(37-19-11-9-12-20-37)44(8-2)39-27-31-41(32-28-39)55(42-33-29-40(30-34-42)46-24-16-15-23-45(46)38-21-13-10-14-22-38)50-36-35-49(47-25-17-18-26-48(47)50)51-54-52(3,4)53(5,6)56(51)57/h7-36,57H,1-6H3/b43-7-,44-8-. The van der Waals surface area contributed by atoms with E-state index in [4.69, 9.17) is 4.99 Å². The molecule has 1 N–H and O–H groups in total. The molecule has 0 fully saturated rings. The molecule has 0 aliphatic carbocycles. The van der Waals surface area contributed by atoms with Crippen LogP contribution < -0.4 is 4.90 Å². The van der Waals surface area contributed by atoms with Gasteiger partial charge in [0.1, 0.15) is 0 Å². The normalized spacial score (nSPS) is 15.1. The number of hydroxylamine groups is 2. The minimum atomic E-state index is -0.574. The average Bonchev–Trinajstić information content (AvgIpc) is 3.42. The summed E-state index contributed by atoms with van der Waals surface area (Å²) in [5.41, 5.74) is 12.4. The average molecular weight is 744 g/mol. The van der Waals surface area contributed by atoms with Crippen molar-refractivity contribution in [3.63, 3.8) is 0 Å². The van der Waals surface area contributed by atoms with E-state index in [2.05, 4.69) is 215 Å². The maximum atomic E-state index is 11.5. The molecular weight excluding hydrogens is 695 g/mol. The Morgan fingerprint density at radius 1 is 0.509 bits per heavy atom. The third-order valence-electron chi connectivity index (χ3n) is 11.8. The third kappa shape index (κ3) is 6.77. The van der Waals surface area contributed by atoms with Gasteiger partial charge in [0.05, 0.1) is 16.8 Å². The number of anilines is 3. The summed E-state index contributed by atoms with van der Waals surface area (Å²) >= 11 is 0. The predicted octanol–water partition coefficient (Wildman–Crippen LogP) is 14.2. The van der Waals surface area contributed by atoms with Gasteiger partial charge in [0.25, 0.3) is 0 Å². The zero-order valence-corrected chi connectivity index (χ0v) is 33.6. The summed E-state index contributed by atoms with van der Waals surface area (Å²) < 4.78 is 0. The first-order valence-corrected chi connectivity index (χ1v) is 19.8. The van der Waals surface area contributed by atoms with Crippen molar-refractivity contribution >= 4 is 44.8 Å². The molecule has 0 bridgehead atoms. The second kappa shape index (κ2) is 15.2. The van der Waals surface area contributed by atoms with Crippen LogP contribution in [0.3, 0.4) is 0 Å². The van der Waals surface area contributed by atoms with Gasteiger partial charge in [-0.1, -0.05) is 146 Å². The van der Waals surface area contributed by atoms with Gasteiger partial charge in [-0.15, -0.1) is 0 Å². The lowest BCUT2D eigenvalue weighted by Gasteiger charge is -2.37. The Kier molecular flexibility index (Phi) is 9.99. The van der Waals surface area contributed by atoms with E-state index in [0.717, 1.165) is 44.5 Å². The Morgan fingerprint density at radius 2 is 0.982 bits per heavy atom. The van der Waals surface area contributed by atoms with E-state index in [1.54, 1.807) is 0 Å². The van der Waals surface area contributed by atoms with Crippen LogP contribution in [0.4, 0.5) is 17.1 Å². The zero-order chi connectivity index (χ0) is 39.7. The Labute approximate surface area is 337 Å². The van der Waals surface area contributed by atoms with E-state index < -0.39 is 11.1 Å². The molecule has 0 saturated heterocycles. The molecule has 0 aromatic heterocycles. The van der Waals surface area contributed by atoms with Gasteiger partial charge in [0, 0.05) is 22.3 Å². The fourth-order valence-electron chi connectivity index (χ4n) is 8.00. The molecule has 0 atom stereocenters. The molecule has 7 aromatic rings. The number of hydrogen-bond donors (Lipinski definition) is 1. The molecule has 7 aromatic carbocycles. The van der Waals surface area contributed by atoms with Crippen LogP contribution >= 0.6 is 0 Å². The van der Waals surface area contributed by atoms with E-state index >= 15 is 0 Å². The van der Waals surface area contributed by atoms with Gasteiger partial charge in [0.2, 0.25) is 0 Å². The van der Waals surface area contributed by atoms with Crippen molar-refractivity contribution < 1.29 is 5.21 Å². The highest BCUT2D eigenvalue weighted by atomic mass is 16.5. The number of fused-ring (bicyclic) bond motifs is 1. The molecule has 4 heteroatoms. The molecule has 1 aliphatic rings. The van der Waals surface area contributed by atoms with E-state index in [1.165, 1.54) is 38.5 Å². The largest absolute Gasteiger partial charge is 0.310 e. The van der Waals surface area contributed by atoms with Crippen molar-refractivity contribution in [3.8, 4) is 22.3 Å². The van der Waals surface area contributed by atoms with E-state index in [1.807, 2.05) is 13.8 Å². The third-order valence-corrected chi connectivity index (χ3v) is 11.8. The maximum Gasteiger partial charge on any atom is 0.156 e. The predicted molar refractivity (Wildman–Crippen MR) is 242 cm³/mol. The SMILES string of the molecule is C/C=C(\C(=C/C)c1ccc(N(c2ccc(-c3ccccc3-c3ccccc3)cc2)c2ccc(C3=NC(C)(C)C(C)(C)N3O)c3ccccc23)cc1)c1ccccc1. The summed E-state index contributed by atoms with van der Waals surface area (Å²) in [6.45, 7) is 12.4. The number of allylic oxidation sites excluding steroid dienone is 4. The van der Waals surface area contributed by atoms with Gasteiger partial charge in [-0.2, -0.15) is 0 Å². The minimum Gasteiger partial charge on any atom is -0.310 e. The Morgan fingerprint density at radius 3 is 1.53 bits per heavy atom. The van der Waals surface area contributed by atoms with Crippen molar-refractivity contribution in [3.05, 3.63) is 199 Å². The molecule has 0 radical (unpaired) electrons. The smallest absolute Gasteiger partial charge is 0.156 e. The maximum absolute atomic E-state index is 11.5. The summed E-state index contributed by atoms with van der Waals surface area (Å²) in [7, 11) is 0. The van der Waals surface area contributed by atoms with Crippen LogP contribution in [-0.4, -0.2) is 27.2 Å². The molecule has 1 aliphatic heterocycles. The first kappa shape index (κ1) is 37.4. The molecule has 57 heavy (non-hydrogen) atoms. The summed E-state index contributed by atoms with van der Waals surface area (Å²) in [6, 6.07) is 60.3. The lowest BCUT2D eigenvalue weighted by molar-refractivity contribution is -0.0991. The summed E-state index contributed by atoms with van der Waals surface area (Å²) in [4.78, 5) is 7.42. The van der Waals surface area contributed by atoms with Crippen molar-refractivity contribution in [2.24, 2.45) is 4.99 Å². The fourth-order valence-corrected chi connectivity index (χ4v) is 8.00. The van der Waals surface area contributed by atoms with E-state index in [9.17, 15) is 5.21 Å². The van der Waals surface area contributed by atoms with Gasteiger partial charge < -0.3 is 4.90 Å². The van der Waals surface area contributed by atoms with Crippen LogP contribution in [0.2, 0.25) is 0 Å². The van der Waals surface area contributed by atoms with Crippen LogP contribution in [0.25, 0.3) is 44.2 Å². The van der Waals surface area contributed by atoms with E-state index in [-0.39, 0.29) is 0 Å². The lowest BCUT2D eigenvalue weighted by Crippen LogP contribution is -2.51. The van der Waals surface area contributed by atoms with Crippen LogP contribution in [0, 0.1) is 0 Å². The first-order valence-electron chi connectivity index (χ1n) is 19.8. The van der Waals surface area contributed by atoms with Gasteiger partial charge in [0.15, 0.2) is 5.84 Å². The number of rotatable bonds is 9. The zero-order valence-electron chi connectivity index (χ0n) is 33.6. The van der Waals surface area contributed by atoms with Crippen LogP contribution in [0.15, 0.2) is 187 Å². The number of amidine groups is 1. The Bertz CT molecular complexity index is 2630. The topological polar surface area (TPSA) is 39.1 Å².